The van der Waals surface area contributed by atoms with Crippen molar-refractivity contribution in [1.82, 2.24) is 14.9 Å². The molecular weight excluding hydrogens is 442 g/mol. The van der Waals surface area contributed by atoms with Gasteiger partial charge in [0, 0.05) is 44.0 Å². The number of hydrogen-bond donors (Lipinski definition) is 0. The predicted molar refractivity (Wildman–Crippen MR) is 132 cm³/mol. The van der Waals surface area contributed by atoms with Crippen molar-refractivity contribution in [2.75, 3.05) is 33.4 Å². The summed E-state index contributed by atoms with van der Waals surface area (Å²) in [5.74, 6) is 2.95. The molecule has 5 rings (SSSR count). The molecule has 3 aromatic rings. The predicted octanol–water partition coefficient (Wildman–Crippen LogP) is 4.65. The number of aryl methyl sites for hydroxylation is 1. The minimum Gasteiger partial charge on any atom is -0.497 e. The van der Waals surface area contributed by atoms with Crippen LogP contribution >= 0.6 is 0 Å². The molecule has 1 aromatic heterocycles. The van der Waals surface area contributed by atoms with E-state index in [4.69, 9.17) is 24.2 Å². The van der Waals surface area contributed by atoms with Gasteiger partial charge in [-0.3, -0.25) is 4.79 Å². The molecule has 0 spiro atoms. The van der Waals surface area contributed by atoms with Crippen LogP contribution in [0.25, 0.3) is 0 Å². The second-order valence-corrected chi connectivity index (χ2v) is 9.28. The van der Waals surface area contributed by atoms with Crippen LogP contribution in [0.4, 0.5) is 0 Å². The first-order valence-electron chi connectivity index (χ1n) is 12.2. The smallest absolute Gasteiger partial charge is 0.233 e. The van der Waals surface area contributed by atoms with E-state index in [1.807, 2.05) is 60.4 Å². The zero-order valence-electron chi connectivity index (χ0n) is 20.3. The second-order valence-electron chi connectivity index (χ2n) is 9.28. The van der Waals surface area contributed by atoms with Gasteiger partial charge in [0.1, 0.15) is 17.3 Å². The van der Waals surface area contributed by atoms with Crippen LogP contribution < -0.4 is 9.47 Å². The Kier molecular flexibility index (Phi) is 6.68. The molecule has 35 heavy (non-hydrogen) atoms. The average molecular weight is 474 g/mol. The minimum absolute atomic E-state index is 0.0738. The molecule has 0 radical (unpaired) electrons. The van der Waals surface area contributed by atoms with E-state index in [1.165, 1.54) is 0 Å². The Morgan fingerprint density at radius 1 is 1.03 bits per heavy atom. The number of nitrogens with zero attached hydrogens (tertiary/aromatic N) is 3. The molecule has 2 aliphatic rings. The van der Waals surface area contributed by atoms with Crippen molar-refractivity contribution in [3.63, 3.8) is 0 Å². The highest BCUT2D eigenvalue weighted by atomic mass is 16.5. The standard InChI is InChI=1S/C28H31N3O4/c1-20-18-25(35-24-10-8-23(33-2)9-11-24)30-26(29-20)21-12-15-31(19-21)27(32)28(13-16-34-17-14-28)22-6-4-3-5-7-22/h3-11,18,21H,12-17,19H2,1-2H3. The van der Waals surface area contributed by atoms with Crippen molar-refractivity contribution in [3.05, 3.63) is 77.7 Å². The van der Waals surface area contributed by atoms with E-state index < -0.39 is 5.41 Å². The van der Waals surface area contributed by atoms with Gasteiger partial charge in [0.15, 0.2) is 0 Å². The summed E-state index contributed by atoms with van der Waals surface area (Å²) in [5, 5.41) is 0. The molecule has 0 N–H and O–H groups in total. The van der Waals surface area contributed by atoms with Crippen molar-refractivity contribution in [2.45, 2.75) is 37.5 Å². The van der Waals surface area contributed by atoms with E-state index in [0.717, 1.165) is 29.3 Å². The van der Waals surface area contributed by atoms with Gasteiger partial charge in [-0.05, 0) is 56.0 Å². The first kappa shape index (κ1) is 23.3. The zero-order valence-corrected chi connectivity index (χ0v) is 20.3. The number of amides is 1. The van der Waals surface area contributed by atoms with E-state index >= 15 is 0 Å². The lowest BCUT2D eigenvalue weighted by Gasteiger charge is -2.39. The molecule has 1 unspecified atom stereocenters. The van der Waals surface area contributed by atoms with Crippen molar-refractivity contribution < 1.29 is 19.0 Å². The number of aromatic nitrogens is 2. The average Bonchev–Trinajstić information content (AvgIpc) is 3.40. The van der Waals surface area contributed by atoms with E-state index in [2.05, 4.69) is 12.1 Å². The molecule has 1 atom stereocenters. The third-order valence-electron chi connectivity index (χ3n) is 7.05. The Morgan fingerprint density at radius 3 is 2.46 bits per heavy atom. The number of rotatable bonds is 6. The summed E-state index contributed by atoms with van der Waals surface area (Å²) >= 11 is 0. The fourth-order valence-electron chi connectivity index (χ4n) is 5.12. The Bertz CT molecular complexity index is 1160. The van der Waals surface area contributed by atoms with Crippen LogP contribution in [0.3, 0.4) is 0 Å². The maximum atomic E-state index is 13.9. The molecule has 0 saturated carbocycles. The molecule has 3 heterocycles. The number of ether oxygens (including phenoxy) is 3. The van der Waals surface area contributed by atoms with Crippen LogP contribution in [-0.4, -0.2) is 54.2 Å². The largest absolute Gasteiger partial charge is 0.497 e. The van der Waals surface area contributed by atoms with Crippen molar-refractivity contribution in [2.24, 2.45) is 0 Å². The molecule has 2 aliphatic heterocycles. The summed E-state index contributed by atoms with van der Waals surface area (Å²) < 4.78 is 16.8. The molecule has 2 fully saturated rings. The number of hydrogen-bond acceptors (Lipinski definition) is 6. The summed E-state index contributed by atoms with van der Waals surface area (Å²) in [7, 11) is 1.63. The zero-order chi connectivity index (χ0) is 24.3. The van der Waals surface area contributed by atoms with E-state index in [9.17, 15) is 4.79 Å². The Morgan fingerprint density at radius 2 is 1.74 bits per heavy atom. The Hall–Kier alpha value is -3.45. The van der Waals surface area contributed by atoms with Gasteiger partial charge >= 0.3 is 0 Å². The van der Waals surface area contributed by atoms with Crippen LogP contribution in [0.1, 0.15) is 42.3 Å². The summed E-state index contributed by atoms with van der Waals surface area (Å²) in [6.07, 6.45) is 2.24. The number of carbonyl (C=O) groups is 1. The van der Waals surface area contributed by atoms with E-state index in [-0.39, 0.29) is 11.8 Å². The first-order chi connectivity index (χ1) is 17.1. The fraction of sp³-hybridized carbons (Fsp3) is 0.393. The Labute approximate surface area is 206 Å². The monoisotopic (exact) mass is 473 g/mol. The normalized spacial score (nSPS) is 19.4. The fourth-order valence-corrected chi connectivity index (χ4v) is 5.12. The van der Waals surface area contributed by atoms with Gasteiger partial charge in [-0.2, -0.15) is 4.98 Å². The highest BCUT2D eigenvalue weighted by Gasteiger charge is 2.45. The molecule has 7 nitrogen and oxygen atoms in total. The quantitative estimate of drug-likeness (QED) is 0.519. The van der Waals surface area contributed by atoms with Gasteiger partial charge in [-0.25, -0.2) is 4.98 Å². The Balaban J connectivity index is 1.33. The van der Waals surface area contributed by atoms with Crippen LogP contribution in [0.15, 0.2) is 60.7 Å². The lowest BCUT2D eigenvalue weighted by atomic mass is 9.73. The molecule has 0 aliphatic carbocycles. The van der Waals surface area contributed by atoms with Gasteiger partial charge in [0.2, 0.25) is 11.8 Å². The third kappa shape index (κ3) is 4.86. The highest BCUT2D eigenvalue weighted by molar-refractivity contribution is 5.88. The van der Waals surface area contributed by atoms with Crippen LogP contribution in [0, 0.1) is 6.92 Å². The van der Waals surface area contributed by atoms with E-state index in [1.54, 1.807) is 7.11 Å². The minimum atomic E-state index is -0.523. The lowest BCUT2D eigenvalue weighted by molar-refractivity contribution is -0.140. The highest BCUT2D eigenvalue weighted by Crippen LogP contribution is 2.39. The number of carbonyl (C=O) groups excluding carboxylic acids is 1. The summed E-state index contributed by atoms with van der Waals surface area (Å²) in [6, 6.07) is 19.4. The molecule has 1 amide bonds. The maximum absolute atomic E-state index is 13.9. The molecule has 7 heteroatoms. The van der Waals surface area contributed by atoms with Crippen LogP contribution in [-0.2, 0) is 14.9 Å². The van der Waals surface area contributed by atoms with Crippen LogP contribution in [0.5, 0.6) is 17.4 Å². The van der Waals surface area contributed by atoms with Crippen molar-refractivity contribution in [1.29, 1.82) is 0 Å². The van der Waals surface area contributed by atoms with Gasteiger partial charge in [0.05, 0.1) is 12.5 Å². The number of methoxy groups -OCH3 is 1. The molecule has 2 aromatic carbocycles. The number of benzene rings is 2. The van der Waals surface area contributed by atoms with Crippen molar-refractivity contribution in [3.8, 4) is 17.4 Å². The summed E-state index contributed by atoms with van der Waals surface area (Å²) in [6.45, 7) is 4.46. The lowest BCUT2D eigenvalue weighted by Crippen LogP contribution is -2.49. The van der Waals surface area contributed by atoms with Gasteiger partial charge in [-0.15, -0.1) is 0 Å². The first-order valence-corrected chi connectivity index (χ1v) is 12.2. The van der Waals surface area contributed by atoms with Gasteiger partial charge in [0.25, 0.3) is 0 Å². The van der Waals surface area contributed by atoms with Gasteiger partial charge in [-0.1, -0.05) is 30.3 Å². The SMILES string of the molecule is COc1ccc(Oc2cc(C)nc(C3CCN(C(=O)C4(c5ccccc5)CCOCC4)C3)n2)cc1. The van der Waals surface area contributed by atoms with Crippen molar-refractivity contribution >= 4 is 5.91 Å². The molecule has 182 valence electrons. The van der Waals surface area contributed by atoms with Crippen LogP contribution in [0.2, 0.25) is 0 Å². The maximum Gasteiger partial charge on any atom is 0.233 e. The molecule has 2 saturated heterocycles. The second kappa shape index (κ2) is 10.0. The summed E-state index contributed by atoms with van der Waals surface area (Å²) in [4.78, 5) is 25.3. The summed E-state index contributed by atoms with van der Waals surface area (Å²) in [5.41, 5.74) is 1.40. The molecular formula is C28H31N3O4. The number of likely N-dealkylation sites (tertiary alicyclic amines) is 1. The third-order valence-corrected chi connectivity index (χ3v) is 7.05. The topological polar surface area (TPSA) is 73.8 Å². The molecule has 0 bridgehead atoms. The van der Waals surface area contributed by atoms with Gasteiger partial charge < -0.3 is 19.1 Å². The van der Waals surface area contributed by atoms with E-state index in [0.29, 0.717) is 50.8 Å².